The Morgan fingerprint density at radius 3 is 0.907 bits per heavy atom. The van der Waals surface area contributed by atoms with Gasteiger partial charge in [-0.1, -0.05) is 227 Å². The second-order valence-corrected chi connectivity index (χ2v) is 16.9. The molecule has 0 aliphatic rings. The lowest BCUT2D eigenvalue weighted by Crippen LogP contribution is -2.30. The average molecular weight is 765 g/mol. The van der Waals surface area contributed by atoms with Crippen molar-refractivity contribution in [2.45, 2.75) is 271 Å². The largest absolute Gasteiger partial charge is 0.462 e. The average Bonchev–Trinajstić information content (AvgIpc) is 3.15. The van der Waals surface area contributed by atoms with Gasteiger partial charge in [0.25, 0.3) is 0 Å². The van der Waals surface area contributed by atoms with E-state index in [1.54, 1.807) is 0 Å². The first-order chi connectivity index (χ1) is 26.4. The van der Waals surface area contributed by atoms with Crippen molar-refractivity contribution in [1.82, 2.24) is 0 Å². The molecule has 54 heavy (non-hydrogen) atoms. The molecule has 0 unspecified atom stereocenters. The molecule has 0 bridgehead atoms. The highest BCUT2D eigenvalue weighted by Gasteiger charge is 2.19. The number of carbonyl (C=O) groups excluding carboxylic acids is 3. The molecule has 6 heteroatoms. The van der Waals surface area contributed by atoms with E-state index in [-0.39, 0.29) is 31.1 Å². The van der Waals surface area contributed by atoms with Crippen LogP contribution < -0.4 is 0 Å². The zero-order valence-electron chi connectivity index (χ0n) is 36.7. The molecule has 0 heterocycles. The second kappa shape index (κ2) is 42.6. The van der Waals surface area contributed by atoms with Crippen LogP contribution in [-0.2, 0) is 28.6 Å². The summed E-state index contributed by atoms with van der Waals surface area (Å²) < 4.78 is 16.7. The lowest BCUT2D eigenvalue weighted by molar-refractivity contribution is -0.167. The van der Waals surface area contributed by atoms with Crippen LogP contribution in [0.2, 0.25) is 0 Å². The Morgan fingerprint density at radius 1 is 0.352 bits per heavy atom. The van der Waals surface area contributed by atoms with Gasteiger partial charge in [0.1, 0.15) is 13.2 Å². The van der Waals surface area contributed by atoms with Gasteiger partial charge in [0.05, 0.1) is 0 Å². The van der Waals surface area contributed by atoms with Crippen molar-refractivity contribution < 1.29 is 28.6 Å². The summed E-state index contributed by atoms with van der Waals surface area (Å²) in [5, 5.41) is 0. The van der Waals surface area contributed by atoms with E-state index < -0.39 is 6.10 Å². The highest BCUT2D eigenvalue weighted by Crippen LogP contribution is 2.16. The number of esters is 3. The third kappa shape index (κ3) is 41.6. The van der Waals surface area contributed by atoms with E-state index in [1.165, 1.54) is 161 Å². The molecule has 0 N–H and O–H groups in total. The fraction of sp³-hybridized carbons (Fsp3) is 0.938. The summed E-state index contributed by atoms with van der Waals surface area (Å²) in [5.74, 6) is -0.0714. The maximum atomic E-state index is 12.7. The molecule has 0 amide bonds. The summed E-state index contributed by atoms with van der Waals surface area (Å²) in [6.45, 7) is 8.96. The molecular weight excluding hydrogens is 673 g/mol. The monoisotopic (exact) mass is 765 g/mol. The van der Waals surface area contributed by atoms with Crippen LogP contribution in [0.1, 0.15) is 265 Å². The molecule has 1 atom stereocenters. The molecule has 0 aliphatic heterocycles. The number of rotatable bonds is 43. The lowest BCUT2D eigenvalue weighted by Gasteiger charge is -2.18. The predicted octanol–water partition coefficient (Wildman–Crippen LogP) is 15.1. The number of carbonyl (C=O) groups is 3. The molecular formula is C48H92O6. The molecule has 0 aromatic carbocycles. The van der Waals surface area contributed by atoms with Gasteiger partial charge < -0.3 is 14.2 Å². The second-order valence-electron chi connectivity index (χ2n) is 16.9. The van der Waals surface area contributed by atoms with Crippen molar-refractivity contribution in [2.75, 3.05) is 13.2 Å². The van der Waals surface area contributed by atoms with Gasteiger partial charge in [-0.2, -0.15) is 0 Å². The van der Waals surface area contributed by atoms with E-state index in [9.17, 15) is 14.4 Å². The summed E-state index contributed by atoms with van der Waals surface area (Å²) in [7, 11) is 0. The molecule has 0 spiro atoms. The van der Waals surface area contributed by atoms with Gasteiger partial charge in [-0.15, -0.1) is 0 Å². The van der Waals surface area contributed by atoms with Crippen LogP contribution in [-0.4, -0.2) is 37.2 Å². The number of hydrogen-bond donors (Lipinski definition) is 0. The van der Waals surface area contributed by atoms with Gasteiger partial charge in [0.2, 0.25) is 0 Å². The molecule has 0 saturated carbocycles. The van der Waals surface area contributed by atoms with E-state index >= 15 is 0 Å². The third-order valence-electron chi connectivity index (χ3n) is 10.8. The Labute approximate surface area is 336 Å². The standard InChI is InChI=1S/C48H92O6/c1-5-7-9-11-13-15-17-19-20-22-23-27-31-35-39-46(49)52-42-45(43-53-47(50)40-36-32-29-25-26-30-34-38-44(3)4)54-48(51)41-37-33-28-24-21-18-16-14-12-10-8-6-2/h44-45H,5-43H2,1-4H3/t45-/m1/s1. The van der Waals surface area contributed by atoms with Crippen LogP contribution in [0.25, 0.3) is 0 Å². The Hall–Kier alpha value is -1.59. The predicted molar refractivity (Wildman–Crippen MR) is 229 cm³/mol. The zero-order valence-corrected chi connectivity index (χ0v) is 36.7. The number of ether oxygens (including phenoxy) is 3. The third-order valence-corrected chi connectivity index (χ3v) is 10.8. The Kier molecular flexibility index (Phi) is 41.3. The van der Waals surface area contributed by atoms with Crippen molar-refractivity contribution >= 4 is 17.9 Å². The SMILES string of the molecule is CCCCCCCCCCCCCCCCC(=O)OC[C@H](COC(=O)CCCCCCCCCC(C)C)OC(=O)CCCCCCCCCCCCCC. The first-order valence-corrected chi connectivity index (χ1v) is 23.9. The minimum absolute atomic E-state index is 0.0638. The molecule has 0 aliphatic carbocycles. The van der Waals surface area contributed by atoms with E-state index in [2.05, 4.69) is 27.7 Å². The minimum atomic E-state index is -0.759. The van der Waals surface area contributed by atoms with Crippen LogP contribution in [0.4, 0.5) is 0 Å². The summed E-state index contributed by atoms with van der Waals surface area (Å²) >= 11 is 0. The molecule has 0 aromatic rings. The molecule has 6 nitrogen and oxygen atoms in total. The Bertz CT molecular complexity index is 811. The van der Waals surface area contributed by atoms with Gasteiger partial charge in [0, 0.05) is 19.3 Å². The topological polar surface area (TPSA) is 78.9 Å². The van der Waals surface area contributed by atoms with Crippen molar-refractivity contribution in [3.05, 3.63) is 0 Å². The van der Waals surface area contributed by atoms with Gasteiger partial charge in [0.15, 0.2) is 6.10 Å². The van der Waals surface area contributed by atoms with E-state index in [1.807, 2.05) is 0 Å². The molecule has 0 aromatic heterocycles. The quantitative estimate of drug-likeness (QED) is 0.0349. The van der Waals surface area contributed by atoms with Crippen LogP contribution in [0.15, 0.2) is 0 Å². The molecule has 0 radical (unpaired) electrons. The Balaban J connectivity index is 4.31. The van der Waals surface area contributed by atoms with Crippen molar-refractivity contribution in [1.29, 1.82) is 0 Å². The molecule has 320 valence electrons. The fourth-order valence-corrected chi connectivity index (χ4v) is 7.16. The van der Waals surface area contributed by atoms with E-state index in [0.717, 1.165) is 63.7 Å². The van der Waals surface area contributed by atoms with Crippen molar-refractivity contribution in [3.63, 3.8) is 0 Å². The highest BCUT2D eigenvalue weighted by molar-refractivity contribution is 5.71. The van der Waals surface area contributed by atoms with Gasteiger partial charge >= 0.3 is 17.9 Å². The Morgan fingerprint density at radius 2 is 0.611 bits per heavy atom. The summed E-state index contributed by atoms with van der Waals surface area (Å²) in [6, 6.07) is 0. The maximum Gasteiger partial charge on any atom is 0.306 e. The normalized spacial score (nSPS) is 11.9. The smallest absolute Gasteiger partial charge is 0.306 e. The van der Waals surface area contributed by atoms with Gasteiger partial charge in [-0.3, -0.25) is 14.4 Å². The molecule has 0 rings (SSSR count). The summed E-state index contributed by atoms with van der Waals surface area (Å²) in [4.78, 5) is 37.7. The first kappa shape index (κ1) is 52.4. The molecule has 0 fully saturated rings. The highest BCUT2D eigenvalue weighted by atomic mass is 16.6. The van der Waals surface area contributed by atoms with Crippen molar-refractivity contribution in [2.24, 2.45) is 5.92 Å². The van der Waals surface area contributed by atoms with Gasteiger partial charge in [-0.25, -0.2) is 0 Å². The fourth-order valence-electron chi connectivity index (χ4n) is 7.16. The van der Waals surface area contributed by atoms with E-state index in [0.29, 0.717) is 19.3 Å². The van der Waals surface area contributed by atoms with Crippen LogP contribution in [0.3, 0.4) is 0 Å². The van der Waals surface area contributed by atoms with Crippen LogP contribution in [0.5, 0.6) is 0 Å². The van der Waals surface area contributed by atoms with E-state index in [4.69, 9.17) is 14.2 Å². The van der Waals surface area contributed by atoms with Crippen molar-refractivity contribution in [3.8, 4) is 0 Å². The van der Waals surface area contributed by atoms with Crippen LogP contribution in [0, 0.1) is 5.92 Å². The zero-order chi connectivity index (χ0) is 39.6. The number of unbranched alkanes of at least 4 members (excludes halogenated alkanes) is 30. The summed E-state index contributed by atoms with van der Waals surface area (Å²) in [5.41, 5.74) is 0. The summed E-state index contributed by atoms with van der Waals surface area (Å²) in [6.07, 6.45) is 42.3. The molecule has 0 saturated heterocycles. The van der Waals surface area contributed by atoms with Gasteiger partial charge in [-0.05, 0) is 25.2 Å². The number of hydrogen-bond acceptors (Lipinski definition) is 6. The lowest BCUT2D eigenvalue weighted by atomic mass is 10.0. The first-order valence-electron chi connectivity index (χ1n) is 23.9. The van der Waals surface area contributed by atoms with Crippen LogP contribution >= 0.6 is 0 Å². The minimum Gasteiger partial charge on any atom is -0.462 e. The maximum absolute atomic E-state index is 12.7.